The third-order valence-corrected chi connectivity index (χ3v) is 4.99. The minimum atomic E-state index is 0.125. The van der Waals surface area contributed by atoms with Crippen LogP contribution in [0.15, 0.2) is 35.3 Å². The van der Waals surface area contributed by atoms with Crippen LogP contribution in [0.3, 0.4) is 0 Å². The zero-order valence-corrected chi connectivity index (χ0v) is 14.5. The Kier molecular flexibility index (Phi) is 5.12. The Hall–Kier alpha value is -1.55. The number of aliphatic imine (C=N–C) groups is 1. The molecule has 0 amide bonds. The highest BCUT2D eigenvalue weighted by atomic mass is 16.5. The third-order valence-electron chi connectivity index (χ3n) is 4.99. The molecule has 0 saturated carbocycles. The van der Waals surface area contributed by atoms with E-state index in [-0.39, 0.29) is 5.54 Å². The topological polar surface area (TPSA) is 36.9 Å². The molecule has 0 bridgehead atoms. The van der Waals surface area contributed by atoms with E-state index < -0.39 is 0 Å². The van der Waals surface area contributed by atoms with E-state index in [0.717, 1.165) is 19.0 Å². The second-order valence-electron chi connectivity index (χ2n) is 7.04. The van der Waals surface area contributed by atoms with Gasteiger partial charge in [0, 0.05) is 31.1 Å². The monoisotopic (exact) mass is 303 g/mol. The standard InChI is InChI=1S/C18H29N3O/c1-17(2)14-21(18(17,3)4)16(19-5)20-11-12-22-13-15-9-7-6-8-10-15/h6-10H,11-14H2,1-5H3,(H,19,20). The second-order valence-corrected chi connectivity index (χ2v) is 7.04. The number of benzene rings is 1. The number of ether oxygens (including phenoxy) is 1. The normalized spacial score (nSPS) is 19.7. The van der Waals surface area contributed by atoms with E-state index in [4.69, 9.17) is 4.74 Å². The van der Waals surface area contributed by atoms with Crippen LogP contribution in [0.25, 0.3) is 0 Å². The van der Waals surface area contributed by atoms with Crippen molar-refractivity contribution in [2.24, 2.45) is 10.4 Å². The highest BCUT2D eigenvalue weighted by molar-refractivity contribution is 5.81. The van der Waals surface area contributed by atoms with Crippen LogP contribution >= 0.6 is 0 Å². The lowest BCUT2D eigenvalue weighted by atomic mass is 9.65. The van der Waals surface area contributed by atoms with Crippen LogP contribution in [0.1, 0.15) is 33.3 Å². The molecule has 1 heterocycles. The summed E-state index contributed by atoms with van der Waals surface area (Å²) in [5.41, 5.74) is 1.64. The van der Waals surface area contributed by atoms with E-state index in [9.17, 15) is 0 Å². The van der Waals surface area contributed by atoms with Crippen molar-refractivity contribution in [2.45, 2.75) is 39.8 Å². The Balaban J connectivity index is 1.72. The highest BCUT2D eigenvalue weighted by Gasteiger charge is 2.53. The van der Waals surface area contributed by atoms with Gasteiger partial charge in [-0.15, -0.1) is 0 Å². The fraction of sp³-hybridized carbons (Fsp3) is 0.611. The van der Waals surface area contributed by atoms with E-state index in [1.165, 1.54) is 5.56 Å². The SMILES string of the molecule is CN=C(NCCOCc1ccccc1)N1CC(C)(C)C1(C)C. The molecule has 1 fully saturated rings. The molecule has 1 N–H and O–H groups in total. The van der Waals surface area contributed by atoms with Crippen molar-refractivity contribution in [1.82, 2.24) is 10.2 Å². The van der Waals surface area contributed by atoms with E-state index in [0.29, 0.717) is 18.6 Å². The Bertz CT molecular complexity index is 508. The Morgan fingerprint density at radius 1 is 1.23 bits per heavy atom. The van der Waals surface area contributed by atoms with Gasteiger partial charge in [0.15, 0.2) is 5.96 Å². The molecule has 4 nitrogen and oxygen atoms in total. The predicted octanol–water partition coefficient (Wildman–Crippen LogP) is 2.90. The van der Waals surface area contributed by atoms with Crippen LogP contribution < -0.4 is 5.32 Å². The molecule has 0 radical (unpaired) electrons. The zero-order chi connectivity index (χ0) is 16.2. The van der Waals surface area contributed by atoms with Crippen molar-refractivity contribution < 1.29 is 4.74 Å². The molecule has 1 aromatic carbocycles. The summed E-state index contributed by atoms with van der Waals surface area (Å²) in [6.07, 6.45) is 0. The minimum absolute atomic E-state index is 0.125. The number of guanidine groups is 1. The van der Waals surface area contributed by atoms with Crippen LogP contribution in [-0.4, -0.2) is 43.1 Å². The third kappa shape index (κ3) is 3.43. The molecular weight excluding hydrogens is 274 g/mol. The van der Waals surface area contributed by atoms with Gasteiger partial charge in [0.25, 0.3) is 0 Å². The maximum atomic E-state index is 5.70. The number of nitrogens with zero attached hydrogens (tertiary/aromatic N) is 2. The molecule has 4 heteroatoms. The summed E-state index contributed by atoms with van der Waals surface area (Å²) in [5, 5.41) is 3.40. The van der Waals surface area contributed by atoms with Crippen molar-refractivity contribution in [2.75, 3.05) is 26.7 Å². The Morgan fingerprint density at radius 2 is 1.91 bits per heavy atom. The van der Waals surface area contributed by atoms with E-state index in [1.807, 2.05) is 25.2 Å². The van der Waals surface area contributed by atoms with Crippen molar-refractivity contribution in [3.8, 4) is 0 Å². The van der Waals surface area contributed by atoms with Gasteiger partial charge in [0.05, 0.1) is 13.2 Å². The van der Waals surface area contributed by atoms with E-state index >= 15 is 0 Å². The maximum Gasteiger partial charge on any atom is 0.194 e. The Labute approximate surface area is 134 Å². The molecule has 2 rings (SSSR count). The number of hydrogen-bond acceptors (Lipinski definition) is 2. The van der Waals surface area contributed by atoms with Crippen molar-refractivity contribution in [3.63, 3.8) is 0 Å². The van der Waals surface area contributed by atoms with Crippen LogP contribution in [-0.2, 0) is 11.3 Å². The van der Waals surface area contributed by atoms with Crippen LogP contribution in [0.4, 0.5) is 0 Å². The van der Waals surface area contributed by atoms with Gasteiger partial charge in [-0.3, -0.25) is 4.99 Å². The van der Waals surface area contributed by atoms with Gasteiger partial charge >= 0.3 is 0 Å². The lowest BCUT2D eigenvalue weighted by molar-refractivity contribution is -0.0669. The number of likely N-dealkylation sites (tertiary alicyclic amines) is 1. The molecule has 1 aliphatic heterocycles. The van der Waals surface area contributed by atoms with Crippen molar-refractivity contribution >= 4 is 5.96 Å². The summed E-state index contributed by atoms with van der Waals surface area (Å²) in [4.78, 5) is 6.74. The average Bonchev–Trinajstić information content (AvgIpc) is 2.50. The first-order valence-corrected chi connectivity index (χ1v) is 7.98. The molecule has 0 aliphatic carbocycles. The molecule has 1 saturated heterocycles. The average molecular weight is 303 g/mol. The molecule has 1 aromatic rings. The van der Waals surface area contributed by atoms with Gasteiger partial charge in [0.1, 0.15) is 0 Å². The first kappa shape index (κ1) is 16.8. The summed E-state index contributed by atoms with van der Waals surface area (Å²) in [6, 6.07) is 10.2. The van der Waals surface area contributed by atoms with E-state index in [2.05, 4.69) is 55.0 Å². The zero-order valence-electron chi connectivity index (χ0n) is 14.5. The summed E-state index contributed by atoms with van der Waals surface area (Å²) in [7, 11) is 1.84. The largest absolute Gasteiger partial charge is 0.375 e. The number of rotatable bonds is 5. The van der Waals surface area contributed by atoms with E-state index in [1.54, 1.807) is 0 Å². The summed E-state index contributed by atoms with van der Waals surface area (Å²) >= 11 is 0. The Morgan fingerprint density at radius 3 is 2.45 bits per heavy atom. The molecule has 0 atom stereocenters. The van der Waals surface area contributed by atoms with Crippen molar-refractivity contribution in [1.29, 1.82) is 0 Å². The second kappa shape index (κ2) is 6.69. The smallest absolute Gasteiger partial charge is 0.194 e. The lowest BCUT2D eigenvalue weighted by Gasteiger charge is -2.62. The molecule has 1 aliphatic rings. The molecule has 0 spiro atoms. The van der Waals surface area contributed by atoms with Gasteiger partial charge in [-0.25, -0.2) is 0 Å². The number of nitrogens with one attached hydrogen (secondary N) is 1. The van der Waals surface area contributed by atoms with Gasteiger partial charge in [-0.05, 0) is 19.4 Å². The quantitative estimate of drug-likeness (QED) is 0.516. The van der Waals surface area contributed by atoms with Gasteiger partial charge < -0.3 is 15.0 Å². The molecule has 22 heavy (non-hydrogen) atoms. The predicted molar refractivity (Wildman–Crippen MR) is 92.0 cm³/mol. The summed E-state index contributed by atoms with van der Waals surface area (Å²) in [6.45, 7) is 12.3. The van der Waals surface area contributed by atoms with Crippen molar-refractivity contribution in [3.05, 3.63) is 35.9 Å². The fourth-order valence-corrected chi connectivity index (χ4v) is 2.69. The summed E-state index contributed by atoms with van der Waals surface area (Å²) in [5.74, 6) is 0.965. The first-order chi connectivity index (χ1) is 10.4. The molecule has 0 unspecified atom stereocenters. The fourth-order valence-electron chi connectivity index (χ4n) is 2.69. The van der Waals surface area contributed by atoms with Crippen LogP contribution in [0.5, 0.6) is 0 Å². The van der Waals surface area contributed by atoms with Gasteiger partial charge in [0.2, 0.25) is 0 Å². The number of hydrogen-bond donors (Lipinski definition) is 1. The minimum Gasteiger partial charge on any atom is -0.375 e. The first-order valence-electron chi connectivity index (χ1n) is 7.98. The van der Waals surface area contributed by atoms with Gasteiger partial charge in [-0.2, -0.15) is 0 Å². The molecular formula is C18H29N3O. The van der Waals surface area contributed by atoms with Crippen LogP contribution in [0.2, 0.25) is 0 Å². The van der Waals surface area contributed by atoms with Gasteiger partial charge in [-0.1, -0.05) is 44.2 Å². The summed E-state index contributed by atoms with van der Waals surface area (Å²) < 4.78 is 5.70. The lowest BCUT2D eigenvalue weighted by Crippen LogP contribution is -2.72. The van der Waals surface area contributed by atoms with Crippen LogP contribution in [0, 0.1) is 5.41 Å². The maximum absolute atomic E-state index is 5.70. The molecule has 122 valence electrons. The molecule has 0 aromatic heterocycles. The highest BCUT2D eigenvalue weighted by Crippen LogP contribution is 2.46.